The molecule has 8 nitrogen and oxygen atoms in total. The Balaban J connectivity index is 0.00000288. The van der Waals surface area contributed by atoms with Crippen LogP contribution in [-0.4, -0.2) is 55.0 Å². The van der Waals surface area contributed by atoms with E-state index in [1.807, 2.05) is 0 Å². The number of halogens is 1. The Kier molecular flexibility index (Phi) is 7.74. The van der Waals surface area contributed by atoms with Gasteiger partial charge in [0.2, 0.25) is 0 Å². The van der Waals surface area contributed by atoms with E-state index in [1.165, 1.54) is 31.0 Å². The third-order valence-electron chi connectivity index (χ3n) is 3.77. The molecule has 134 valence electrons. The fraction of sp³-hybridized carbons (Fsp3) is 0.500. The molecule has 0 saturated carbocycles. The smallest absolute Gasteiger partial charge is 0.285 e. The number of amides is 1. The number of nitro groups is 1. The van der Waals surface area contributed by atoms with Crippen molar-refractivity contribution >= 4 is 35.8 Å². The fourth-order valence-corrected chi connectivity index (χ4v) is 3.03. The van der Waals surface area contributed by atoms with Gasteiger partial charge in [-0.15, -0.1) is 24.2 Å². The molecule has 1 fully saturated rings. The molecule has 2 atom stereocenters. The molecule has 0 bridgehead atoms. The van der Waals surface area contributed by atoms with Gasteiger partial charge in [-0.2, -0.15) is 0 Å². The molecule has 24 heavy (non-hydrogen) atoms. The van der Waals surface area contributed by atoms with Gasteiger partial charge in [0.25, 0.3) is 11.6 Å². The second-order valence-corrected chi connectivity index (χ2v) is 6.03. The summed E-state index contributed by atoms with van der Waals surface area (Å²) >= 11 is 1.34. The van der Waals surface area contributed by atoms with Crippen LogP contribution < -0.4 is 15.4 Å². The number of ether oxygens (including phenoxy) is 1. The molecule has 2 unspecified atom stereocenters. The number of hydrogen-bond donors (Lipinski definition) is 3. The Morgan fingerprint density at radius 2 is 2.25 bits per heavy atom. The van der Waals surface area contributed by atoms with Crippen LogP contribution in [0.5, 0.6) is 5.75 Å². The van der Waals surface area contributed by atoms with Gasteiger partial charge in [0.05, 0.1) is 29.1 Å². The monoisotopic (exact) mass is 377 g/mol. The van der Waals surface area contributed by atoms with Gasteiger partial charge in [0, 0.05) is 25.6 Å². The molecule has 2 rings (SSSR count). The van der Waals surface area contributed by atoms with Crippen molar-refractivity contribution in [3.63, 3.8) is 0 Å². The normalized spacial score (nSPS) is 19.5. The lowest BCUT2D eigenvalue weighted by molar-refractivity contribution is -0.385. The van der Waals surface area contributed by atoms with Crippen molar-refractivity contribution in [2.75, 3.05) is 33.0 Å². The third kappa shape index (κ3) is 4.50. The summed E-state index contributed by atoms with van der Waals surface area (Å²) < 4.78 is 5.12. The number of rotatable bonds is 6. The first-order valence-corrected chi connectivity index (χ1v) is 8.27. The van der Waals surface area contributed by atoms with Gasteiger partial charge < -0.3 is 20.5 Å². The van der Waals surface area contributed by atoms with Crippen LogP contribution in [0.3, 0.4) is 0 Å². The number of β-amino-alcohol motifs (C(OH)–C–C–N with tert-alkyl or cyclic N) is 1. The van der Waals surface area contributed by atoms with E-state index in [1.54, 1.807) is 6.26 Å². The number of aliphatic hydroxyl groups is 1. The van der Waals surface area contributed by atoms with E-state index in [2.05, 4.69) is 10.6 Å². The predicted octanol–water partition coefficient (Wildman–Crippen LogP) is 1.06. The molecule has 0 aliphatic carbocycles. The average molecular weight is 378 g/mol. The summed E-state index contributed by atoms with van der Waals surface area (Å²) in [5, 5.41) is 26.6. The number of aliphatic hydroxyl groups excluding tert-OH is 1. The zero-order valence-electron chi connectivity index (χ0n) is 13.3. The number of nitrogens with one attached hydrogen (secondary N) is 2. The van der Waals surface area contributed by atoms with Crippen molar-refractivity contribution in [1.29, 1.82) is 0 Å². The molecular weight excluding hydrogens is 358 g/mol. The second kappa shape index (κ2) is 9.07. The highest BCUT2D eigenvalue weighted by atomic mass is 35.5. The van der Waals surface area contributed by atoms with E-state index >= 15 is 0 Å². The largest absolute Gasteiger partial charge is 0.495 e. The van der Waals surface area contributed by atoms with Gasteiger partial charge in [-0.25, -0.2) is 0 Å². The number of thioether (sulfide) groups is 1. The molecule has 10 heteroatoms. The molecular formula is C14H20ClN3O5S. The Labute approximate surface area is 149 Å². The molecule has 1 aliphatic rings. The van der Waals surface area contributed by atoms with E-state index < -0.39 is 16.9 Å². The molecule has 3 N–H and O–H groups in total. The van der Waals surface area contributed by atoms with Gasteiger partial charge in [-0.3, -0.25) is 14.9 Å². The molecule has 1 heterocycles. The summed E-state index contributed by atoms with van der Waals surface area (Å²) in [6.45, 7) is 1.34. The molecule has 0 aromatic heterocycles. The first kappa shape index (κ1) is 20.5. The molecule has 0 spiro atoms. The van der Waals surface area contributed by atoms with Crippen LogP contribution in [0.4, 0.5) is 5.69 Å². The molecule has 0 radical (unpaired) electrons. The van der Waals surface area contributed by atoms with Crippen LogP contribution in [0, 0.1) is 16.0 Å². The van der Waals surface area contributed by atoms with Gasteiger partial charge in [-0.1, -0.05) is 0 Å². The Morgan fingerprint density at radius 1 is 1.54 bits per heavy atom. The maximum absolute atomic E-state index is 12.3. The quantitative estimate of drug-likeness (QED) is 0.386. The zero-order chi connectivity index (χ0) is 17.0. The third-order valence-corrected chi connectivity index (χ3v) is 4.53. The summed E-state index contributed by atoms with van der Waals surface area (Å²) in [5.41, 5.74) is -0.317. The maximum Gasteiger partial charge on any atom is 0.285 e. The van der Waals surface area contributed by atoms with Gasteiger partial charge in [0.1, 0.15) is 11.3 Å². The minimum Gasteiger partial charge on any atom is -0.495 e. The van der Waals surface area contributed by atoms with E-state index in [0.29, 0.717) is 23.7 Å². The summed E-state index contributed by atoms with van der Waals surface area (Å²) in [4.78, 5) is 23.6. The van der Waals surface area contributed by atoms with E-state index in [9.17, 15) is 20.0 Å². The standard InChI is InChI=1S/C14H19N3O5S.ClH/c1-22-12-4-10(17(20)21)9(3-13(12)23-2)14(19)16-6-8-5-15-7-11(8)18;/h3-4,8,11,15,18H,5-7H2,1-2H3,(H,16,19);1H. The minimum atomic E-state index is -0.604. The number of carbonyl (C=O) groups excluding carboxylic acids is 1. The Bertz CT molecular complexity index is 616. The molecule has 1 amide bonds. The van der Waals surface area contributed by atoms with Gasteiger partial charge in [-0.05, 0) is 12.3 Å². The minimum absolute atomic E-state index is 0. The number of nitrogens with zero attached hydrogens (tertiary/aromatic N) is 1. The van der Waals surface area contributed by atoms with Crippen LogP contribution in [0.1, 0.15) is 10.4 Å². The number of hydrogen-bond acceptors (Lipinski definition) is 7. The number of methoxy groups -OCH3 is 1. The Morgan fingerprint density at radius 3 is 2.75 bits per heavy atom. The van der Waals surface area contributed by atoms with E-state index in [4.69, 9.17) is 4.74 Å². The molecule has 1 aliphatic heterocycles. The van der Waals surface area contributed by atoms with Crippen molar-refractivity contribution in [2.45, 2.75) is 11.0 Å². The van der Waals surface area contributed by atoms with Crippen molar-refractivity contribution in [1.82, 2.24) is 10.6 Å². The van der Waals surface area contributed by atoms with Crippen LogP contribution in [0.15, 0.2) is 17.0 Å². The summed E-state index contributed by atoms with van der Waals surface area (Å²) in [5.74, 6) is -0.277. The molecule has 1 aromatic rings. The van der Waals surface area contributed by atoms with E-state index in [0.717, 1.165) is 0 Å². The predicted molar refractivity (Wildman–Crippen MR) is 93.4 cm³/mol. The lowest BCUT2D eigenvalue weighted by atomic mass is 10.1. The fourth-order valence-electron chi connectivity index (χ4n) is 2.45. The first-order valence-electron chi connectivity index (χ1n) is 7.05. The van der Waals surface area contributed by atoms with Crippen LogP contribution >= 0.6 is 24.2 Å². The number of nitro benzene ring substituents is 1. The van der Waals surface area contributed by atoms with Crippen molar-refractivity contribution < 1.29 is 19.6 Å². The lowest BCUT2D eigenvalue weighted by Crippen LogP contribution is -2.34. The second-order valence-electron chi connectivity index (χ2n) is 5.18. The van der Waals surface area contributed by atoms with Gasteiger partial charge in [0.15, 0.2) is 0 Å². The summed E-state index contributed by atoms with van der Waals surface area (Å²) in [6, 6.07) is 2.72. The van der Waals surface area contributed by atoms with Crippen molar-refractivity contribution in [3.05, 3.63) is 27.8 Å². The summed E-state index contributed by atoms with van der Waals surface area (Å²) in [6.07, 6.45) is 1.27. The highest BCUT2D eigenvalue weighted by molar-refractivity contribution is 7.98. The van der Waals surface area contributed by atoms with Gasteiger partial charge >= 0.3 is 0 Å². The highest BCUT2D eigenvalue weighted by Gasteiger charge is 2.27. The number of carbonyl (C=O) groups is 1. The van der Waals surface area contributed by atoms with E-state index in [-0.39, 0.29) is 36.1 Å². The van der Waals surface area contributed by atoms with Crippen molar-refractivity contribution in [2.24, 2.45) is 5.92 Å². The molecule has 1 aromatic carbocycles. The van der Waals surface area contributed by atoms with Crippen molar-refractivity contribution in [3.8, 4) is 5.75 Å². The molecule has 1 saturated heterocycles. The van der Waals surface area contributed by atoms with Crippen LogP contribution in [-0.2, 0) is 0 Å². The summed E-state index contributed by atoms with van der Waals surface area (Å²) in [7, 11) is 1.42. The zero-order valence-corrected chi connectivity index (χ0v) is 14.9. The average Bonchev–Trinajstić information content (AvgIpc) is 2.96. The topological polar surface area (TPSA) is 114 Å². The highest BCUT2D eigenvalue weighted by Crippen LogP contribution is 2.34. The Hall–Kier alpha value is -1.55. The lowest BCUT2D eigenvalue weighted by Gasteiger charge is -2.15. The van der Waals surface area contributed by atoms with Crippen LogP contribution in [0.25, 0.3) is 0 Å². The van der Waals surface area contributed by atoms with Crippen LogP contribution in [0.2, 0.25) is 0 Å². The first-order chi connectivity index (χ1) is 11.0. The maximum atomic E-state index is 12.3. The number of benzene rings is 1. The SMILES string of the molecule is COc1cc([N+](=O)[O-])c(C(=O)NCC2CNCC2O)cc1SC.Cl.